The molecule has 0 spiro atoms. The SMILES string of the molecule is COc1ccc(NC(C)=O)c(NC(=O)c2ccc(-c3ccccc3)cc2)c1. The van der Waals surface area contributed by atoms with Crippen LogP contribution in [0.25, 0.3) is 11.1 Å². The van der Waals surface area contributed by atoms with Gasteiger partial charge in [0.2, 0.25) is 5.91 Å². The largest absolute Gasteiger partial charge is 0.497 e. The molecule has 0 aromatic heterocycles. The lowest BCUT2D eigenvalue weighted by molar-refractivity contribution is -0.114. The summed E-state index contributed by atoms with van der Waals surface area (Å²) in [6.45, 7) is 1.41. The van der Waals surface area contributed by atoms with E-state index in [4.69, 9.17) is 4.74 Å². The van der Waals surface area contributed by atoms with E-state index < -0.39 is 0 Å². The summed E-state index contributed by atoms with van der Waals surface area (Å²) in [4.78, 5) is 24.0. The van der Waals surface area contributed by atoms with Crippen molar-refractivity contribution in [1.29, 1.82) is 0 Å². The predicted octanol–water partition coefficient (Wildman–Crippen LogP) is 4.57. The summed E-state index contributed by atoms with van der Waals surface area (Å²) in [5, 5.41) is 5.54. The Morgan fingerprint density at radius 3 is 2.07 bits per heavy atom. The Balaban J connectivity index is 1.81. The van der Waals surface area contributed by atoms with Gasteiger partial charge in [0.05, 0.1) is 18.5 Å². The van der Waals surface area contributed by atoms with Crippen LogP contribution in [-0.4, -0.2) is 18.9 Å². The molecule has 0 aliphatic carbocycles. The van der Waals surface area contributed by atoms with Crippen LogP contribution in [0.2, 0.25) is 0 Å². The molecule has 3 aromatic carbocycles. The van der Waals surface area contributed by atoms with Crippen molar-refractivity contribution in [3.05, 3.63) is 78.4 Å². The number of hydrogen-bond acceptors (Lipinski definition) is 3. The van der Waals surface area contributed by atoms with Gasteiger partial charge in [-0.05, 0) is 35.4 Å². The number of nitrogens with one attached hydrogen (secondary N) is 2. The summed E-state index contributed by atoms with van der Waals surface area (Å²) in [6, 6.07) is 22.4. The lowest BCUT2D eigenvalue weighted by atomic mass is 10.0. The van der Waals surface area contributed by atoms with E-state index >= 15 is 0 Å². The maximum Gasteiger partial charge on any atom is 0.255 e. The maximum atomic E-state index is 12.6. The minimum absolute atomic E-state index is 0.220. The number of carbonyl (C=O) groups excluding carboxylic acids is 2. The maximum absolute atomic E-state index is 12.6. The molecule has 3 aromatic rings. The summed E-state index contributed by atoms with van der Waals surface area (Å²) in [5.41, 5.74) is 3.63. The average Bonchev–Trinajstić information content (AvgIpc) is 2.69. The molecular weight excluding hydrogens is 340 g/mol. The fourth-order valence-electron chi connectivity index (χ4n) is 2.69. The Kier molecular flexibility index (Phi) is 5.52. The van der Waals surface area contributed by atoms with Gasteiger partial charge in [-0.25, -0.2) is 0 Å². The van der Waals surface area contributed by atoms with Gasteiger partial charge < -0.3 is 15.4 Å². The number of amides is 2. The molecule has 0 saturated carbocycles. The summed E-state index contributed by atoms with van der Waals surface area (Å²) < 4.78 is 5.20. The van der Waals surface area contributed by atoms with Gasteiger partial charge in [0.15, 0.2) is 0 Å². The lowest BCUT2D eigenvalue weighted by Gasteiger charge is -2.13. The van der Waals surface area contributed by atoms with Crippen LogP contribution in [0.15, 0.2) is 72.8 Å². The van der Waals surface area contributed by atoms with Gasteiger partial charge in [-0.3, -0.25) is 9.59 Å². The van der Waals surface area contributed by atoms with E-state index in [1.165, 1.54) is 6.92 Å². The van der Waals surface area contributed by atoms with Gasteiger partial charge in [0, 0.05) is 18.6 Å². The van der Waals surface area contributed by atoms with Crippen LogP contribution in [-0.2, 0) is 4.79 Å². The minimum Gasteiger partial charge on any atom is -0.497 e. The van der Waals surface area contributed by atoms with E-state index in [9.17, 15) is 9.59 Å². The predicted molar refractivity (Wildman–Crippen MR) is 107 cm³/mol. The first-order chi connectivity index (χ1) is 13.1. The highest BCUT2D eigenvalue weighted by molar-refractivity contribution is 6.07. The first-order valence-electron chi connectivity index (χ1n) is 8.49. The molecule has 27 heavy (non-hydrogen) atoms. The smallest absolute Gasteiger partial charge is 0.255 e. The van der Waals surface area contributed by atoms with Crippen LogP contribution in [0.4, 0.5) is 11.4 Å². The molecule has 0 bridgehead atoms. The normalized spacial score (nSPS) is 10.1. The first kappa shape index (κ1) is 18.2. The Labute approximate surface area is 158 Å². The Hall–Kier alpha value is -3.60. The van der Waals surface area contributed by atoms with E-state index in [1.807, 2.05) is 42.5 Å². The number of hydrogen-bond donors (Lipinski definition) is 2. The summed E-state index contributed by atoms with van der Waals surface area (Å²) >= 11 is 0. The molecule has 0 unspecified atom stereocenters. The lowest BCUT2D eigenvalue weighted by Crippen LogP contribution is -2.15. The number of benzene rings is 3. The van der Waals surface area contributed by atoms with Crippen LogP contribution in [0.5, 0.6) is 5.75 Å². The fraction of sp³-hybridized carbons (Fsp3) is 0.0909. The van der Waals surface area contributed by atoms with Crippen LogP contribution in [0, 0.1) is 0 Å². The molecule has 2 amide bonds. The number of ether oxygens (including phenoxy) is 1. The molecule has 5 heteroatoms. The molecule has 0 aliphatic rings. The van der Waals surface area contributed by atoms with Crippen LogP contribution in [0.1, 0.15) is 17.3 Å². The average molecular weight is 360 g/mol. The van der Waals surface area contributed by atoms with E-state index in [-0.39, 0.29) is 11.8 Å². The van der Waals surface area contributed by atoms with Crippen molar-refractivity contribution < 1.29 is 14.3 Å². The highest BCUT2D eigenvalue weighted by atomic mass is 16.5. The molecule has 0 fully saturated rings. The van der Waals surface area contributed by atoms with Gasteiger partial charge in [-0.1, -0.05) is 42.5 Å². The van der Waals surface area contributed by atoms with Crippen molar-refractivity contribution in [3.8, 4) is 16.9 Å². The topological polar surface area (TPSA) is 67.4 Å². The molecule has 3 rings (SSSR count). The third-order valence-corrected chi connectivity index (χ3v) is 4.04. The zero-order chi connectivity index (χ0) is 19.2. The second-order valence-electron chi connectivity index (χ2n) is 5.99. The Bertz CT molecular complexity index is 951. The molecule has 2 N–H and O–H groups in total. The second-order valence-corrected chi connectivity index (χ2v) is 5.99. The molecule has 5 nitrogen and oxygen atoms in total. The zero-order valence-corrected chi connectivity index (χ0v) is 15.2. The van der Waals surface area contributed by atoms with Gasteiger partial charge in [-0.15, -0.1) is 0 Å². The van der Waals surface area contributed by atoms with Crippen molar-refractivity contribution in [3.63, 3.8) is 0 Å². The van der Waals surface area contributed by atoms with Gasteiger partial charge in [0.1, 0.15) is 5.75 Å². The highest BCUT2D eigenvalue weighted by Crippen LogP contribution is 2.28. The van der Waals surface area contributed by atoms with Crippen molar-refractivity contribution >= 4 is 23.2 Å². The van der Waals surface area contributed by atoms with Crippen LogP contribution < -0.4 is 15.4 Å². The van der Waals surface area contributed by atoms with Gasteiger partial charge >= 0.3 is 0 Å². The monoisotopic (exact) mass is 360 g/mol. The minimum atomic E-state index is -0.269. The highest BCUT2D eigenvalue weighted by Gasteiger charge is 2.12. The number of anilines is 2. The van der Waals surface area contributed by atoms with Crippen LogP contribution in [0.3, 0.4) is 0 Å². The number of rotatable bonds is 5. The quantitative estimate of drug-likeness (QED) is 0.700. The van der Waals surface area contributed by atoms with Crippen molar-refractivity contribution in [1.82, 2.24) is 0 Å². The summed E-state index contributed by atoms with van der Waals surface area (Å²) in [5.74, 6) is 0.0937. The second kappa shape index (κ2) is 8.19. The number of methoxy groups -OCH3 is 1. The molecule has 0 aliphatic heterocycles. The van der Waals surface area contributed by atoms with Gasteiger partial charge in [0.25, 0.3) is 5.91 Å². The van der Waals surface area contributed by atoms with E-state index in [0.29, 0.717) is 22.7 Å². The van der Waals surface area contributed by atoms with E-state index in [0.717, 1.165) is 11.1 Å². The van der Waals surface area contributed by atoms with Crippen molar-refractivity contribution in [2.75, 3.05) is 17.7 Å². The molecule has 0 heterocycles. The first-order valence-corrected chi connectivity index (χ1v) is 8.49. The van der Waals surface area contributed by atoms with Gasteiger partial charge in [-0.2, -0.15) is 0 Å². The van der Waals surface area contributed by atoms with Crippen LogP contribution >= 0.6 is 0 Å². The third kappa shape index (κ3) is 4.52. The molecule has 0 atom stereocenters. The van der Waals surface area contributed by atoms with E-state index in [1.54, 1.807) is 37.4 Å². The summed E-state index contributed by atoms with van der Waals surface area (Å²) in [7, 11) is 1.54. The van der Waals surface area contributed by atoms with E-state index in [2.05, 4.69) is 10.6 Å². The number of carbonyl (C=O) groups is 2. The molecular formula is C22H20N2O3. The molecule has 0 radical (unpaired) electrons. The van der Waals surface area contributed by atoms with Crippen molar-refractivity contribution in [2.45, 2.75) is 6.92 Å². The third-order valence-electron chi connectivity index (χ3n) is 4.04. The Morgan fingerprint density at radius 1 is 0.778 bits per heavy atom. The Morgan fingerprint density at radius 2 is 1.44 bits per heavy atom. The molecule has 136 valence electrons. The summed E-state index contributed by atoms with van der Waals surface area (Å²) in [6.07, 6.45) is 0. The standard InChI is InChI=1S/C22H20N2O3/c1-15(25)23-20-13-12-19(27-2)14-21(20)24-22(26)18-10-8-17(9-11-18)16-6-4-3-5-7-16/h3-14H,1-2H3,(H,23,25)(H,24,26). The zero-order valence-electron chi connectivity index (χ0n) is 15.2. The molecule has 0 saturated heterocycles. The van der Waals surface area contributed by atoms with Crippen molar-refractivity contribution in [2.24, 2.45) is 0 Å². The fourth-order valence-corrected chi connectivity index (χ4v) is 2.69.